The van der Waals surface area contributed by atoms with Gasteiger partial charge in [0.2, 0.25) is 0 Å². The van der Waals surface area contributed by atoms with Crippen molar-refractivity contribution in [3.8, 4) is 0 Å². The third-order valence-corrected chi connectivity index (χ3v) is 9.20. The molecule has 0 amide bonds. The second-order valence-corrected chi connectivity index (χ2v) is 12.9. The highest BCUT2D eigenvalue weighted by Crippen LogP contribution is 2.45. The lowest BCUT2D eigenvalue weighted by Gasteiger charge is -2.37. The van der Waals surface area contributed by atoms with Gasteiger partial charge in [-0.15, -0.1) is 0 Å². The molecule has 4 atom stereocenters. The van der Waals surface area contributed by atoms with Crippen LogP contribution in [0, 0.1) is 18.8 Å². The lowest BCUT2D eigenvalue weighted by Crippen LogP contribution is -2.38. The van der Waals surface area contributed by atoms with Crippen molar-refractivity contribution in [2.45, 2.75) is 49.3 Å². The van der Waals surface area contributed by atoms with Crippen LogP contribution < -0.4 is 15.1 Å². The summed E-state index contributed by atoms with van der Waals surface area (Å²) < 4.78 is 6.48. The van der Waals surface area contributed by atoms with Crippen molar-refractivity contribution in [1.82, 2.24) is 10.3 Å². The number of anilines is 2. The average molecular weight is 589 g/mol. The molecule has 0 radical (unpaired) electrons. The van der Waals surface area contributed by atoms with Crippen LogP contribution >= 0.6 is 35.6 Å². The van der Waals surface area contributed by atoms with Crippen LogP contribution in [0.4, 0.5) is 11.4 Å². The molecule has 0 bridgehead atoms. The summed E-state index contributed by atoms with van der Waals surface area (Å²) in [5.41, 5.74) is 4.14. The molecule has 0 spiro atoms. The van der Waals surface area contributed by atoms with Gasteiger partial charge in [-0.1, -0.05) is 61.0 Å². The molecule has 6 rings (SSSR count). The normalized spacial score (nSPS) is 22.9. The molecule has 40 heavy (non-hydrogen) atoms. The van der Waals surface area contributed by atoms with Crippen LogP contribution in [-0.2, 0) is 0 Å². The molecule has 5 nitrogen and oxygen atoms in total. The van der Waals surface area contributed by atoms with Gasteiger partial charge in [0.05, 0.1) is 22.4 Å². The van der Waals surface area contributed by atoms with Gasteiger partial charge in [0, 0.05) is 29.9 Å². The zero-order valence-corrected chi connectivity index (χ0v) is 25.3. The fraction of sp³-hybridized carbons (Fsp3) is 0.312. The summed E-state index contributed by atoms with van der Waals surface area (Å²) in [6.45, 7) is 8.76. The molecule has 2 aromatic carbocycles. The van der Waals surface area contributed by atoms with Crippen molar-refractivity contribution in [3.05, 3.63) is 101 Å². The number of piperidine rings is 1. The monoisotopic (exact) mass is 588 g/mol. The van der Waals surface area contributed by atoms with Crippen LogP contribution in [0.1, 0.15) is 49.4 Å². The molecular formula is C32H33ClN4OS2. The molecule has 4 unspecified atom stereocenters. The van der Waals surface area contributed by atoms with Crippen molar-refractivity contribution in [1.29, 1.82) is 0 Å². The van der Waals surface area contributed by atoms with Gasteiger partial charge >= 0.3 is 0 Å². The third-order valence-electron chi connectivity index (χ3n) is 7.65. The highest BCUT2D eigenvalue weighted by atomic mass is 35.5. The van der Waals surface area contributed by atoms with E-state index in [1.165, 1.54) is 12.0 Å². The van der Waals surface area contributed by atoms with Gasteiger partial charge in [-0.05, 0) is 92.0 Å². The number of aromatic nitrogens is 1. The van der Waals surface area contributed by atoms with E-state index >= 15 is 0 Å². The molecular weight excluding hydrogens is 556 g/mol. The highest BCUT2D eigenvalue weighted by molar-refractivity contribution is 7.99. The van der Waals surface area contributed by atoms with Gasteiger partial charge < -0.3 is 19.5 Å². The molecule has 1 N–H and O–H groups in total. The molecule has 4 heterocycles. The van der Waals surface area contributed by atoms with Gasteiger partial charge in [-0.25, -0.2) is 0 Å². The number of pyridine rings is 1. The second-order valence-electron chi connectivity index (χ2n) is 11.1. The van der Waals surface area contributed by atoms with Gasteiger partial charge in [0.25, 0.3) is 0 Å². The summed E-state index contributed by atoms with van der Waals surface area (Å²) in [4.78, 5) is 10.3. The van der Waals surface area contributed by atoms with Crippen molar-refractivity contribution in [2.24, 2.45) is 11.8 Å². The maximum Gasteiger partial charge on any atom is 0.174 e. The maximum atomic E-state index is 6.97. The van der Waals surface area contributed by atoms with Crippen molar-refractivity contribution in [2.75, 3.05) is 22.9 Å². The predicted octanol–water partition coefficient (Wildman–Crippen LogP) is 8.45. The van der Waals surface area contributed by atoms with Crippen LogP contribution in [0.15, 0.2) is 93.4 Å². The Morgan fingerprint density at radius 2 is 1.77 bits per heavy atom. The average Bonchev–Trinajstić information content (AvgIpc) is 3.53. The van der Waals surface area contributed by atoms with Crippen molar-refractivity contribution in [3.63, 3.8) is 0 Å². The molecule has 0 aliphatic carbocycles. The predicted molar refractivity (Wildman–Crippen MR) is 169 cm³/mol. The molecule has 8 heteroatoms. The molecule has 2 saturated heterocycles. The Labute approximate surface area is 250 Å². The first-order valence-electron chi connectivity index (χ1n) is 13.7. The lowest BCUT2D eigenvalue weighted by molar-refractivity contribution is 0.357. The minimum atomic E-state index is -0.230. The second kappa shape index (κ2) is 11.5. The minimum absolute atomic E-state index is 0.181. The number of thiocarbonyl (C=S) groups is 1. The number of furan rings is 1. The SMILES string of the molecule is Cc1ccc(Sc2ccc(C3C(c4ccccn4)NC(=S)N3c3ccc(N4CC(C)CC(C)C4)c(Cl)c3)o2)cc1. The smallest absolute Gasteiger partial charge is 0.174 e. The largest absolute Gasteiger partial charge is 0.452 e. The zero-order chi connectivity index (χ0) is 27.8. The van der Waals surface area contributed by atoms with Gasteiger partial charge in [-0.3, -0.25) is 4.98 Å². The lowest BCUT2D eigenvalue weighted by atomic mass is 9.91. The van der Waals surface area contributed by atoms with Crippen LogP contribution in [0.3, 0.4) is 0 Å². The molecule has 206 valence electrons. The minimum Gasteiger partial charge on any atom is -0.452 e. The first kappa shape index (κ1) is 27.2. The number of hydrogen-bond acceptors (Lipinski definition) is 5. The van der Waals surface area contributed by atoms with E-state index in [-0.39, 0.29) is 12.1 Å². The number of benzene rings is 2. The molecule has 4 aromatic rings. The number of hydrogen-bond donors (Lipinski definition) is 1. The number of halogens is 1. The zero-order valence-electron chi connectivity index (χ0n) is 22.9. The molecule has 2 aliphatic heterocycles. The maximum absolute atomic E-state index is 6.97. The van der Waals surface area contributed by atoms with E-state index in [1.54, 1.807) is 11.8 Å². The van der Waals surface area contributed by atoms with E-state index in [9.17, 15) is 0 Å². The fourth-order valence-electron chi connectivity index (χ4n) is 5.95. The standard InChI is InChI=1S/C32H33ClN4OS2/c1-20-7-10-24(11-8-20)40-29-14-13-28(38-29)31-30(26-6-4-5-15-34-26)35-32(39)37(31)23-9-12-27(25(33)17-23)36-18-21(2)16-22(3)19-36/h4-15,17,21-22,30-31H,16,18-19H2,1-3H3,(H,35,39). The van der Waals surface area contributed by atoms with Gasteiger partial charge in [-0.2, -0.15) is 0 Å². The Hall–Kier alpha value is -3.00. The summed E-state index contributed by atoms with van der Waals surface area (Å²) in [6.07, 6.45) is 3.07. The van der Waals surface area contributed by atoms with E-state index in [2.05, 4.69) is 77.3 Å². The summed E-state index contributed by atoms with van der Waals surface area (Å²) >= 11 is 14.5. The van der Waals surface area contributed by atoms with Gasteiger partial charge in [0.15, 0.2) is 10.2 Å². The number of aryl methyl sites for hydroxylation is 1. The first-order chi connectivity index (χ1) is 19.4. The summed E-state index contributed by atoms with van der Waals surface area (Å²) in [5, 5.41) is 5.70. The summed E-state index contributed by atoms with van der Waals surface area (Å²) in [5.74, 6) is 2.10. The van der Waals surface area contributed by atoms with E-state index in [0.29, 0.717) is 16.9 Å². The van der Waals surface area contributed by atoms with Gasteiger partial charge in [0.1, 0.15) is 11.8 Å². The van der Waals surface area contributed by atoms with Crippen molar-refractivity contribution < 1.29 is 4.42 Å². The Morgan fingerprint density at radius 1 is 1.00 bits per heavy atom. The molecule has 2 aliphatic rings. The highest BCUT2D eigenvalue weighted by Gasteiger charge is 2.43. The Morgan fingerprint density at radius 3 is 2.48 bits per heavy atom. The number of rotatable bonds is 6. The van der Waals surface area contributed by atoms with Crippen LogP contribution in [0.5, 0.6) is 0 Å². The third kappa shape index (κ3) is 5.60. The van der Waals surface area contributed by atoms with Crippen LogP contribution in [0.25, 0.3) is 0 Å². The Kier molecular flexibility index (Phi) is 7.80. The van der Waals surface area contributed by atoms with E-state index in [0.717, 1.165) is 50.9 Å². The summed E-state index contributed by atoms with van der Waals surface area (Å²) in [7, 11) is 0. The van der Waals surface area contributed by atoms with Crippen LogP contribution in [0.2, 0.25) is 5.02 Å². The molecule has 2 fully saturated rings. The van der Waals surface area contributed by atoms with E-state index in [4.69, 9.17) is 28.2 Å². The Balaban J connectivity index is 1.34. The van der Waals surface area contributed by atoms with E-state index < -0.39 is 0 Å². The first-order valence-corrected chi connectivity index (χ1v) is 15.4. The van der Waals surface area contributed by atoms with E-state index in [1.807, 2.05) is 42.6 Å². The fourth-order valence-corrected chi connectivity index (χ4v) is 7.37. The number of nitrogens with one attached hydrogen (secondary N) is 1. The summed E-state index contributed by atoms with van der Waals surface area (Å²) in [6, 6.07) is 24.4. The van der Waals surface area contributed by atoms with Crippen molar-refractivity contribution >= 4 is 52.1 Å². The molecule has 2 aromatic heterocycles. The number of nitrogens with zero attached hydrogens (tertiary/aromatic N) is 3. The Bertz CT molecular complexity index is 1480. The topological polar surface area (TPSA) is 44.5 Å². The van der Waals surface area contributed by atoms with Crippen LogP contribution in [-0.4, -0.2) is 23.2 Å². The molecule has 0 saturated carbocycles. The quantitative estimate of drug-likeness (QED) is 0.227.